The van der Waals surface area contributed by atoms with Gasteiger partial charge in [0.25, 0.3) is 0 Å². The Morgan fingerprint density at radius 1 is 1.11 bits per heavy atom. The molecule has 0 amide bonds. The van der Waals surface area contributed by atoms with Gasteiger partial charge in [0.05, 0.1) is 5.52 Å². The summed E-state index contributed by atoms with van der Waals surface area (Å²) in [6.07, 6.45) is 0. The highest BCUT2D eigenvalue weighted by atomic mass is 16.3. The van der Waals surface area contributed by atoms with E-state index >= 15 is 0 Å². The average molecular weight is 235 g/mol. The van der Waals surface area contributed by atoms with Gasteiger partial charge in [-0.25, -0.2) is 4.98 Å². The lowest BCUT2D eigenvalue weighted by Crippen LogP contribution is -1.78. The van der Waals surface area contributed by atoms with Crippen molar-refractivity contribution in [1.82, 2.24) is 20.4 Å². The van der Waals surface area contributed by atoms with Crippen LogP contribution in [0.15, 0.2) is 40.8 Å². The van der Waals surface area contributed by atoms with Crippen LogP contribution in [-0.2, 0) is 0 Å². The summed E-state index contributed by atoms with van der Waals surface area (Å²) < 4.78 is 5.68. The fraction of sp³-hybridized carbons (Fsp3) is 0. The smallest absolute Gasteiger partial charge is 0.228 e. The number of H-pyrrole nitrogens is 1. The first-order valence-corrected chi connectivity index (χ1v) is 5.49. The average Bonchev–Trinajstić information content (AvgIpc) is 3.04. The Labute approximate surface area is 101 Å². The number of benzene rings is 2. The van der Waals surface area contributed by atoms with Crippen LogP contribution in [0.4, 0.5) is 0 Å². The Balaban J connectivity index is 1.94. The third-order valence-electron chi connectivity index (χ3n) is 2.77. The van der Waals surface area contributed by atoms with Crippen molar-refractivity contribution in [1.29, 1.82) is 0 Å². The van der Waals surface area contributed by atoms with Gasteiger partial charge in [0.2, 0.25) is 5.89 Å². The lowest BCUT2D eigenvalue weighted by Gasteiger charge is -1.92. The van der Waals surface area contributed by atoms with E-state index in [-0.39, 0.29) is 0 Å². The number of nitrogens with one attached hydrogen (secondary N) is 1. The molecule has 0 bridgehead atoms. The zero-order valence-corrected chi connectivity index (χ0v) is 9.21. The second-order valence-electron chi connectivity index (χ2n) is 3.93. The molecule has 2 aromatic carbocycles. The molecule has 2 aromatic heterocycles. The van der Waals surface area contributed by atoms with Crippen LogP contribution in [0.2, 0.25) is 0 Å². The number of fused-ring (bicyclic) bond motifs is 2. The van der Waals surface area contributed by atoms with Crippen molar-refractivity contribution in [3.8, 4) is 11.5 Å². The standard InChI is InChI=1S/C13H7N4O/c1-2-4-12-10(3-1)14-13(18-12)8-5-6-9-11(7-8)16-17-15-9/h1-6H,(H,15,16,17). The highest BCUT2D eigenvalue weighted by molar-refractivity contribution is 5.80. The summed E-state index contributed by atoms with van der Waals surface area (Å²) in [5, 5.41) is 10.4. The van der Waals surface area contributed by atoms with Gasteiger partial charge in [-0.2, -0.15) is 0 Å². The summed E-state index contributed by atoms with van der Waals surface area (Å²) in [6, 6.07) is 14.5. The topological polar surface area (TPSA) is 67.6 Å². The van der Waals surface area contributed by atoms with Crippen LogP contribution >= 0.6 is 0 Å². The first-order valence-electron chi connectivity index (χ1n) is 5.49. The molecule has 85 valence electrons. The summed E-state index contributed by atoms with van der Waals surface area (Å²) in [7, 11) is 0. The number of aromatic amines is 1. The minimum Gasteiger partial charge on any atom is -0.436 e. The number of nitrogens with zero attached hydrogens (tertiary/aromatic N) is 3. The van der Waals surface area contributed by atoms with Gasteiger partial charge in [-0.3, -0.25) is 5.10 Å². The molecule has 0 unspecified atom stereocenters. The Kier molecular flexibility index (Phi) is 1.77. The maximum atomic E-state index is 5.68. The third-order valence-corrected chi connectivity index (χ3v) is 2.77. The molecule has 0 saturated heterocycles. The predicted molar refractivity (Wildman–Crippen MR) is 65.7 cm³/mol. The molecule has 0 aliphatic rings. The summed E-state index contributed by atoms with van der Waals surface area (Å²) >= 11 is 0. The van der Waals surface area contributed by atoms with Crippen LogP contribution in [0.25, 0.3) is 33.6 Å². The SMILES string of the molecule is [c]1c(-c2nc3ccccc3o2)ccc2[nH]nnc12. The Morgan fingerprint density at radius 3 is 3.00 bits per heavy atom. The van der Waals surface area contributed by atoms with Gasteiger partial charge in [-0.1, -0.05) is 17.3 Å². The van der Waals surface area contributed by atoms with Crippen LogP contribution in [0.5, 0.6) is 0 Å². The summed E-state index contributed by atoms with van der Waals surface area (Å²) in [5.41, 5.74) is 3.89. The van der Waals surface area contributed by atoms with E-state index in [9.17, 15) is 0 Å². The molecule has 0 spiro atoms. The predicted octanol–water partition coefficient (Wildman–Crippen LogP) is 2.57. The summed E-state index contributed by atoms with van der Waals surface area (Å²) in [4.78, 5) is 4.42. The lowest BCUT2D eigenvalue weighted by atomic mass is 10.2. The zero-order valence-electron chi connectivity index (χ0n) is 9.21. The monoisotopic (exact) mass is 235 g/mol. The fourth-order valence-electron chi connectivity index (χ4n) is 1.89. The van der Waals surface area contributed by atoms with Gasteiger partial charge in [-0.05, 0) is 24.3 Å². The van der Waals surface area contributed by atoms with Gasteiger partial charge in [0.1, 0.15) is 11.0 Å². The number of hydrogen-bond donors (Lipinski definition) is 1. The number of rotatable bonds is 1. The molecule has 1 N–H and O–H groups in total. The van der Waals surface area contributed by atoms with Gasteiger partial charge < -0.3 is 4.42 Å². The van der Waals surface area contributed by atoms with E-state index in [1.807, 2.05) is 36.4 Å². The number of hydrogen-bond acceptors (Lipinski definition) is 4. The second-order valence-corrected chi connectivity index (χ2v) is 3.93. The van der Waals surface area contributed by atoms with Crippen LogP contribution in [-0.4, -0.2) is 20.4 Å². The van der Waals surface area contributed by atoms with E-state index in [0.717, 1.165) is 22.2 Å². The molecule has 0 aliphatic heterocycles. The number of oxazole rings is 1. The molecule has 4 aromatic rings. The molecular weight excluding hydrogens is 228 g/mol. The molecule has 0 fully saturated rings. The van der Waals surface area contributed by atoms with Crippen molar-refractivity contribution in [3.05, 3.63) is 42.5 Å². The van der Waals surface area contributed by atoms with Crippen LogP contribution in [0.1, 0.15) is 0 Å². The molecule has 5 nitrogen and oxygen atoms in total. The molecule has 0 aliphatic carbocycles. The van der Waals surface area contributed by atoms with Crippen LogP contribution in [0.3, 0.4) is 0 Å². The Hall–Kier alpha value is -2.69. The molecule has 0 saturated carbocycles. The van der Waals surface area contributed by atoms with Crippen molar-refractivity contribution >= 4 is 22.1 Å². The van der Waals surface area contributed by atoms with E-state index in [2.05, 4.69) is 26.5 Å². The number of para-hydroxylation sites is 2. The van der Waals surface area contributed by atoms with E-state index in [0.29, 0.717) is 11.4 Å². The minimum atomic E-state index is 0.543. The van der Waals surface area contributed by atoms with Crippen molar-refractivity contribution in [2.75, 3.05) is 0 Å². The molecule has 1 radical (unpaired) electrons. The minimum absolute atomic E-state index is 0.543. The van der Waals surface area contributed by atoms with Gasteiger partial charge in [0, 0.05) is 11.6 Å². The Morgan fingerprint density at radius 2 is 2.06 bits per heavy atom. The van der Waals surface area contributed by atoms with E-state index in [4.69, 9.17) is 4.42 Å². The molecule has 18 heavy (non-hydrogen) atoms. The molecule has 5 heteroatoms. The summed E-state index contributed by atoms with van der Waals surface area (Å²) in [6.45, 7) is 0. The van der Waals surface area contributed by atoms with Gasteiger partial charge in [-0.15, -0.1) is 5.10 Å². The molecule has 4 rings (SSSR count). The Bertz CT molecular complexity index is 813. The first-order chi connectivity index (χ1) is 8.90. The highest BCUT2D eigenvalue weighted by Gasteiger charge is 2.09. The van der Waals surface area contributed by atoms with Crippen LogP contribution in [0, 0.1) is 6.07 Å². The summed E-state index contributed by atoms with van der Waals surface area (Å²) in [5.74, 6) is 0.543. The van der Waals surface area contributed by atoms with Gasteiger partial charge >= 0.3 is 0 Å². The maximum absolute atomic E-state index is 5.68. The largest absolute Gasteiger partial charge is 0.436 e. The van der Waals surface area contributed by atoms with Crippen molar-refractivity contribution < 1.29 is 4.42 Å². The van der Waals surface area contributed by atoms with Crippen molar-refractivity contribution in [3.63, 3.8) is 0 Å². The second kappa shape index (κ2) is 3.40. The lowest BCUT2D eigenvalue weighted by molar-refractivity contribution is 0.620. The molecule has 2 heterocycles. The highest BCUT2D eigenvalue weighted by Crippen LogP contribution is 2.25. The van der Waals surface area contributed by atoms with Crippen molar-refractivity contribution in [2.24, 2.45) is 0 Å². The maximum Gasteiger partial charge on any atom is 0.228 e. The quantitative estimate of drug-likeness (QED) is 0.550. The van der Waals surface area contributed by atoms with Gasteiger partial charge in [0.15, 0.2) is 5.58 Å². The molecule has 0 atom stereocenters. The molecular formula is C13H7N4O. The number of aromatic nitrogens is 4. The zero-order chi connectivity index (χ0) is 11.9. The van der Waals surface area contributed by atoms with Crippen molar-refractivity contribution in [2.45, 2.75) is 0 Å². The van der Waals surface area contributed by atoms with E-state index < -0.39 is 0 Å². The van der Waals surface area contributed by atoms with E-state index in [1.165, 1.54) is 0 Å². The van der Waals surface area contributed by atoms with Crippen LogP contribution < -0.4 is 0 Å². The third kappa shape index (κ3) is 1.31. The normalized spacial score (nSPS) is 11.3. The van der Waals surface area contributed by atoms with E-state index in [1.54, 1.807) is 0 Å². The first kappa shape index (κ1) is 9.35. The fourth-order valence-corrected chi connectivity index (χ4v) is 1.89.